The highest BCUT2D eigenvalue weighted by Gasteiger charge is 2.28. The summed E-state index contributed by atoms with van der Waals surface area (Å²) in [6.07, 6.45) is 0.185. The molecule has 2 rings (SSSR count). The first-order chi connectivity index (χ1) is 13.0. The van der Waals surface area contributed by atoms with Crippen LogP contribution >= 0.6 is 27.5 Å². The Balaban J connectivity index is 2.24. The molecule has 0 spiro atoms. The predicted octanol–water partition coefficient (Wildman–Crippen LogP) is 4.98. The molecule has 4 nitrogen and oxygen atoms in total. The number of rotatable bonds is 6. The monoisotopic (exact) mass is 464 g/mol. The molecule has 2 amide bonds. The Morgan fingerprint density at radius 2 is 1.75 bits per heavy atom. The number of benzene rings is 2. The van der Waals surface area contributed by atoms with Crippen LogP contribution in [0.2, 0.25) is 5.02 Å². The van der Waals surface area contributed by atoms with Crippen molar-refractivity contribution in [3.63, 3.8) is 0 Å². The smallest absolute Gasteiger partial charge is 0.242 e. The zero-order valence-electron chi connectivity index (χ0n) is 16.6. The van der Waals surface area contributed by atoms with Gasteiger partial charge in [-0.2, -0.15) is 0 Å². The first-order valence-electron chi connectivity index (χ1n) is 9.15. The van der Waals surface area contributed by atoms with Crippen LogP contribution < -0.4 is 5.32 Å². The molecule has 150 valence electrons. The zero-order valence-corrected chi connectivity index (χ0v) is 19.0. The molecule has 0 heterocycles. The molecule has 0 aliphatic rings. The minimum absolute atomic E-state index is 0.123. The summed E-state index contributed by atoms with van der Waals surface area (Å²) in [4.78, 5) is 27.4. The van der Waals surface area contributed by atoms with Crippen molar-refractivity contribution in [2.75, 3.05) is 0 Å². The maximum absolute atomic E-state index is 13.1. The molecule has 0 aliphatic heterocycles. The van der Waals surface area contributed by atoms with E-state index in [4.69, 9.17) is 11.6 Å². The van der Waals surface area contributed by atoms with E-state index < -0.39 is 6.04 Å². The Hall–Kier alpha value is -1.85. The van der Waals surface area contributed by atoms with Gasteiger partial charge in [0.25, 0.3) is 0 Å². The maximum atomic E-state index is 13.1. The van der Waals surface area contributed by atoms with Gasteiger partial charge in [0.1, 0.15) is 6.04 Å². The molecule has 2 aromatic rings. The van der Waals surface area contributed by atoms with Gasteiger partial charge in [0, 0.05) is 21.6 Å². The zero-order chi connectivity index (χ0) is 20.9. The van der Waals surface area contributed by atoms with Crippen molar-refractivity contribution in [2.24, 2.45) is 0 Å². The summed E-state index contributed by atoms with van der Waals surface area (Å²) in [5.74, 6) is -0.300. The second-order valence-corrected chi connectivity index (χ2v) is 9.22. The summed E-state index contributed by atoms with van der Waals surface area (Å²) in [5.41, 5.74) is 1.41. The van der Waals surface area contributed by atoms with Crippen LogP contribution in [0.25, 0.3) is 0 Å². The first-order valence-corrected chi connectivity index (χ1v) is 10.3. The third kappa shape index (κ3) is 6.95. The van der Waals surface area contributed by atoms with Crippen LogP contribution in [0.1, 0.15) is 38.8 Å². The van der Waals surface area contributed by atoms with Crippen LogP contribution in [0.5, 0.6) is 0 Å². The third-order valence-electron chi connectivity index (χ3n) is 4.18. The van der Waals surface area contributed by atoms with Gasteiger partial charge in [0.15, 0.2) is 0 Å². The molecule has 0 saturated carbocycles. The summed E-state index contributed by atoms with van der Waals surface area (Å²) in [5, 5.41) is 3.55. The molecule has 1 atom stereocenters. The lowest BCUT2D eigenvalue weighted by molar-refractivity contribution is -0.140. The topological polar surface area (TPSA) is 49.4 Å². The number of nitrogens with zero attached hydrogens (tertiary/aromatic N) is 1. The summed E-state index contributed by atoms with van der Waals surface area (Å²) in [6.45, 7) is 7.88. The van der Waals surface area contributed by atoms with Crippen LogP contribution in [0.4, 0.5) is 0 Å². The second-order valence-electron chi connectivity index (χ2n) is 7.87. The van der Waals surface area contributed by atoms with Crippen molar-refractivity contribution in [1.29, 1.82) is 0 Å². The van der Waals surface area contributed by atoms with Crippen molar-refractivity contribution < 1.29 is 9.59 Å². The Morgan fingerprint density at radius 1 is 1.11 bits per heavy atom. The maximum Gasteiger partial charge on any atom is 0.242 e. The van der Waals surface area contributed by atoms with E-state index in [9.17, 15) is 9.59 Å². The molecular weight excluding hydrogens is 440 g/mol. The number of amides is 2. The molecule has 0 bridgehead atoms. The van der Waals surface area contributed by atoms with Gasteiger partial charge in [0.05, 0.1) is 6.42 Å². The number of halogens is 2. The van der Waals surface area contributed by atoms with E-state index in [0.29, 0.717) is 11.6 Å². The van der Waals surface area contributed by atoms with E-state index in [2.05, 4.69) is 21.2 Å². The normalized spacial score (nSPS) is 12.4. The molecule has 0 fully saturated rings. The Kier molecular flexibility index (Phi) is 7.67. The van der Waals surface area contributed by atoms with Crippen molar-refractivity contribution in [3.8, 4) is 0 Å². The van der Waals surface area contributed by atoms with Crippen molar-refractivity contribution >= 4 is 39.3 Å². The lowest BCUT2D eigenvalue weighted by Crippen LogP contribution is -2.52. The quantitative estimate of drug-likeness (QED) is 0.654. The highest BCUT2D eigenvalue weighted by Crippen LogP contribution is 2.17. The number of hydrogen-bond donors (Lipinski definition) is 1. The fourth-order valence-electron chi connectivity index (χ4n) is 2.77. The lowest BCUT2D eigenvalue weighted by Gasteiger charge is -2.31. The van der Waals surface area contributed by atoms with E-state index in [-0.39, 0.29) is 23.8 Å². The molecule has 0 radical (unpaired) electrons. The molecule has 0 saturated heterocycles. The molecule has 2 aromatic carbocycles. The SMILES string of the molecule is C[C@H](C(=O)NC(C)(C)C)N(Cc1ccc(Br)cc1)C(=O)Cc1cccc(Cl)c1. The second kappa shape index (κ2) is 9.57. The molecule has 0 unspecified atom stereocenters. The van der Waals surface area contributed by atoms with Gasteiger partial charge in [0.2, 0.25) is 11.8 Å². The van der Waals surface area contributed by atoms with Crippen LogP contribution in [0, 0.1) is 0 Å². The summed E-state index contributed by atoms with van der Waals surface area (Å²) < 4.78 is 0.964. The molecular formula is C22H26BrClN2O2. The van der Waals surface area contributed by atoms with Crippen molar-refractivity contribution in [2.45, 2.75) is 52.2 Å². The lowest BCUT2D eigenvalue weighted by atomic mass is 10.1. The highest BCUT2D eigenvalue weighted by atomic mass is 79.9. The van der Waals surface area contributed by atoms with E-state index in [1.165, 1.54) is 0 Å². The van der Waals surface area contributed by atoms with E-state index in [1.54, 1.807) is 24.0 Å². The Labute approximate surface area is 180 Å². The van der Waals surface area contributed by atoms with Gasteiger partial charge in [-0.1, -0.05) is 51.8 Å². The van der Waals surface area contributed by atoms with Crippen LogP contribution in [0.3, 0.4) is 0 Å². The first kappa shape index (κ1) is 22.4. The minimum Gasteiger partial charge on any atom is -0.350 e. The number of carbonyl (C=O) groups excluding carboxylic acids is 2. The molecule has 0 aromatic heterocycles. The van der Waals surface area contributed by atoms with Gasteiger partial charge >= 0.3 is 0 Å². The Morgan fingerprint density at radius 3 is 2.32 bits per heavy atom. The minimum atomic E-state index is -0.602. The fraction of sp³-hybridized carbons (Fsp3) is 0.364. The van der Waals surface area contributed by atoms with Gasteiger partial charge in [-0.05, 0) is 63.1 Å². The highest BCUT2D eigenvalue weighted by molar-refractivity contribution is 9.10. The van der Waals surface area contributed by atoms with E-state index >= 15 is 0 Å². The molecule has 1 N–H and O–H groups in total. The molecule has 6 heteroatoms. The Bertz CT molecular complexity index is 831. The average Bonchev–Trinajstić information content (AvgIpc) is 2.59. The van der Waals surface area contributed by atoms with Gasteiger partial charge in [-0.15, -0.1) is 0 Å². The standard InChI is InChI=1S/C22H26BrClN2O2/c1-15(21(28)25-22(2,3)4)26(14-16-8-10-18(23)11-9-16)20(27)13-17-6-5-7-19(24)12-17/h5-12,15H,13-14H2,1-4H3,(H,25,28)/t15-/m1/s1. The fourth-order valence-corrected chi connectivity index (χ4v) is 3.24. The van der Waals surface area contributed by atoms with Crippen LogP contribution in [0.15, 0.2) is 53.0 Å². The summed E-state index contributed by atoms with van der Waals surface area (Å²) >= 11 is 9.46. The van der Waals surface area contributed by atoms with E-state index in [1.807, 2.05) is 57.2 Å². The van der Waals surface area contributed by atoms with Crippen LogP contribution in [-0.4, -0.2) is 28.3 Å². The molecule has 0 aliphatic carbocycles. The van der Waals surface area contributed by atoms with Crippen molar-refractivity contribution in [3.05, 3.63) is 69.2 Å². The average molecular weight is 466 g/mol. The largest absolute Gasteiger partial charge is 0.350 e. The van der Waals surface area contributed by atoms with E-state index in [0.717, 1.165) is 15.6 Å². The van der Waals surface area contributed by atoms with Crippen molar-refractivity contribution in [1.82, 2.24) is 10.2 Å². The summed E-state index contributed by atoms with van der Waals surface area (Å²) in [6, 6.07) is 14.4. The number of nitrogens with one attached hydrogen (secondary N) is 1. The van der Waals surface area contributed by atoms with Gasteiger partial charge in [-0.25, -0.2) is 0 Å². The molecule has 28 heavy (non-hydrogen) atoms. The number of carbonyl (C=O) groups is 2. The number of hydrogen-bond acceptors (Lipinski definition) is 2. The van der Waals surface area contributed by atoms with Crippen LogP contribution in [-0.2, 0) is 22.6 Å². The summed E-state index contributed by atoms with van der Waals surface area (Å²) in [7, 11) is 0. The van der Waals surface area contributed by atoms with Gasteiger partial charge < -0.3 is 10.2 Å². The third-order valence-corrected chi connectivity index (χ3v) is 4.94. The van der Waals surface area contributed by atoms with Gasteiger partial charge in [-0.3, -0.25) is 9.59 Å². The predicted molar refractivity (Wildman–Crippen MR) is 117 cm³/mol.